The van der Waals surface area contributed by atoms with E-state index in [0.717, 1.165) is 13.0 Å². The molecular formula is C10H16INOS. The van der Waals surface area contributed by atoms with E-state index in [0.29, 0.717) is 6.04 Å². The van der Waals surface area contributed by atoms with Crippen LogP contribution in [0.15, 0.2) is 11.4 Å². The van der Waals surface area contributed by atoms with E-state index in [9.17, 15) is 5.11 Å². The highest BCUT2D eigenvalue weighted by Crippen LogP contribution is 2.16. The van der Waals surface area contributed by atoms with Gasteiger partial charge in [0, 0.05) is 26.4 Å². The molecule has 0 radical (unpaired) electrons. The maximum Gasteiger partial charge on any atom is 0.0526 e. The molecule has 0 saturated heterocycles. The lowest BCUT2D eigenvalue weighted by Crippen LogP contribution is -2.28. The lowest BCUT2D eigenvalue weighted by atomic mass is 10.1. The smallest absolute Gasteiger partial charge is 0.0526 e. The zero-order chi connectivity index (χ0) is 10.6. The summed E-state index contributed by atoms with van der Waals surface area (Å²) in [7, 11) is 0. The molecule has 0 aliphatic heterocycles. The molecule has 1 aromatic heterocycles. The van der Waals surface area contributed by atoms with Gasteiger partial charge in [-0.05, 0) is 48.9 Å². The van der Waals surface area contributed by atoms with Crippen LogP contribution >= 0.6 is 33.9 Å². The summed E-state index contributed by atoms with van der Waals surface area (Å²) >= 11 is 4.10. The molecule has 0 aromatic carbocycles. The van der Waals surface area contributed by atoms with Gasteiger partial charge in [-0.15, -0.1) is 11.3 Å². The highest BCUT2D eigenvalue weighted by Gasteiger charge is 2.05. The molecule has 14 heavy (non-hydrogen) atoms. The third kappa shape index (κ3) is 4.72. The predicted molar refractivity (Wildman–Crippen MR) is 69.6 cm³/mol. The third-order valence-corrected chi connectivity index (χ3v) is 3.92. The van der Waals surface area contributed by atoms with Crippen LogP contribution in [0, 0.1) is 3.57 Å². The average Bonchev–Trinajstić information content (AvgIpc) is 2.47. The van der Waals surface area contributed by atoms with Crippen molar-refractivity contribution in [2.45, 2.75) is 39.0 Å². The van der Waals surface area contributed by atoms with E-state index in [1.165, 1.54) is 8.45 Å². The molecule has 0 spiro atoms. The lowest BCUT2D eigenvalue weighted by Gasteiger charge is -2.14. The van der Waals surface area contributed by atoms with Gasteiger partial charge in [0.05, 0.1) is 6.10 Å². The van der Waals surface area contributed by atoms with E-state index in [1.807, 2.05) is 6.92 Å². The molecule has 2 nitrogen and oxygen atoms in total. The van der Waals surface area contributed by atoms with E-state index in [2.05, 4.69) is 46.3 Å². The zero-order valence-electron chi connectivity index (χ0n) is 8.46. The van der Waals surface area contributed by atoms with Gasteiger partial charge in [-0.2, -0.15) is 0 Å². The number of thiophene rings is 1. The summed E-state index contributed by atoms with van der Waals surface area (Å²) in [5.41, 5.74) is 0. The summed E-state index contributed by atoms with van der Waals surface area (Å²) in [6, 6.07) is 2.56. The van der Waals surface area contributed by atoms with Crippen molar-refractivity contribution < 1.29 is 5.11 Å². The maximum absolute atomic E-state index is 9.19. The van der Waals surface area contributed by atoms with Crippen LogP contribution in [0.5, 0.6) is 0 Å². The molecule has 0 bridgehead atoms. The molecular weight excluding hydrogens is 309 g/mol. The summed E-state index contributed by atoms with van der Waals surface area (Å²) in [4.78, 5) is 1.35. The van der Waals surface area contributed by atoms with E-state index in [4.69, 9.17) is 0 Å². The van der Waals surface area contributed by atoms with Crippen LogP contribution in [0.25, 0.3) is 0 Å². The number of aliphatic hydroxyl groups excluding tert-OH is 1. The molecule has 2 unspecified atom stereocenters. The molecule has 1 rings (SSSR count). The SMILES string of the molecule is CC(O)CC(C)NCc1cc(I)cs1. The lowest BCUT2D eigenvalue weighted by molar-refractivity contribution is 0.170. The van der Waals surface area contributed by atoms with Crippen LogP contribution in [0.3, 0.4) is 0 Å². The minimum Gasteiger partial charge on any atom is -0.393 e. The van der Waals surface area contributed by atoms with E-state index < -0.39 is 0 Å². The number of aliphatic hydroxyl groups is 1. The number of rotatable bonds is 5. The van der Waals surface area contributed by atoms with Crippen molar-refractivity contribution in [1.29, 1.82) is 0 Å². The maximum atomic E-state index is 9.19. The van der Waals surface area contributed by atoms with E-state index in [1.54, 1.807) is 11.3 Å². The first-order valence-electron chi connectivity index (χ1n) is 4.72. The number of hydrogen-bond acceptors (Lipinski definition) is 3. The Morgan fingerprint density at radius 3 is 2.79 bits per heavy atom. The number of hydrogen-bond donors (Lipinski definition) is 2. The first-order chi connectivity index (χ1) is 6.58. The highest BCUT2D eigenvalue weighted by atomic mass is 127. The molecule has 0 aliphatic rings. The standard InChI is InChI=1S/C10H16INOS/c1-7(3-8(2)13)12-5-10-4-9(11)6-14-10/h4,6-8,12-13H,3,5H2,1-2H3. The van der Waals surface area contributed by atoms with Gasteiger partial charge in [-0.25, -0.2) is 0 Å². The average molecular weight is 325 g/mol. The quantitative estimate of drug-likeness (QED) is 0.816. The Hall–Kier alpha value is 0.350. The fourth-order valence-electron chi connectivity index (χ4n) is 1.32. The Labute approximate surface area is 103 Å². The van der Waals surface area contributed by atoms with Gasteiger partial charge in [0.25, 0.3) is 0 Å². The van der Waals surface area contributed by atoms with Crippen molar-refractivity contribution in [3.63, 3.8) is 0 Å². The molecule has 80 valence electrons. The van der Waals surface area contributed by atoms with Gasteiger partial charge < -0.3 is 10.4 Å². The summed E-state index contributed by atoms with van der Waals surface area (Å²) < 4.78 is 1.30. The predicted octanol–water partition coefficient (Wildman–Crippen LogP) is 2.60. The Morgan fingerprint density at radius 1 is 1.57 bits per heavy atom. The molecule has 0 aliphatic carbocycles. The van der Waals surface area contributed by atoms with Crippen molar-refractivity contribution in [2.75, 3.05) is 0 Å². The zero-order valence-corrected chi connectivity index (χ0v) is 11.4. The van der Waals surface area contributed by atoms with Crippen LogP contribution in [0.2, 0.25) is 0 Å². The Morgan fingerprint density at radius 2 is 2.29 bits per heavy atom. The number of halogens is 1. The fraction of sp³-hybridized carbons (Fsp3) is 0.600. The highest BCUT2D eigenvalue weighted by molar-refractivity contribution is 14.1. The summed E-state index contributed by atoms with van der Waals surface area (Å²) in [6.07, 6.45) is 0.587. The molecule has 4 heteroatoms. The van der Waals surface area contributed by atoms with Gasteiger partial charge in [0.2, 0.25) is 0 Å². The van der Waals surface area contributed by atoms with Crippen LogP contribution in [0.1, 0.15) is 25.1 Å². The van der Waals surface area contributed by atoms with Gasteiger partial charge >= 0.3 is 0 Å². The minimum atomic E-state index is -0.221. The first kappa shape index (κ1) is 12.4. The second-order valence-electron chi connectivity index (χ2n) is 3.60. The minimum absolute atomic E-state index is 0.221. The summed E-state index contributed by atoms with van der Waals surface area (Å²) in [5, 5.41) is 14.7. The van der Waals surface area contributed by atoms with Crippen LogP contribution in [-0.2, 0) is 6.54 Å². The van der Waals surface area contributed by atoms with Crippen LogP contribution in [0.4, 0.5) is 0 Å². The molecule has 0 amide bonds. The summed E-state index contributed by atoms with van der Waals surface area (Å²) in [5.74, 6) is 0. The normalized spacial score (nSPS) is 15.4. The molecule has 1 aromatic rings. The molecule has 0 fully saturated rings. The Balaban J connectivity index is 2.26. The molecule has 2 N–H and O–H groups in total. The van der Waals surface area contributed by atoms with Crippen molar-refractivity contribution in [3.8, 4) is 0 Å². The van der Waals surface area contributed by atoms with Crippen molar-refractivity contribution >= 4 is 33.9 Å². The second kappa shape index (κ2) is 6.05. The third-order valence-electron chi connectivity index (χ3n) is 1.94. The van der Waals surface area contributed by atoms with Crippen LogP contribution in [-0.4, -0.2) is 17.3 Å². The first-order valence-corrected chi connectivity index (χ1v) is 6.68. The summed E-state index contributed by atoms with van der Waals surface area (Å²) in [6.45, 7) is 4.83. The molecule has 0 saturated carbocycles. The monoisotopic (exact) mass is 325 g/mol. The fourth-order valence-corrected chi connectivity index (χ4v) is 2.98. The van der Waals surface area contributed by atoms with Gasteiger partial charge in [0.1, 0.15) is 0 Å². The Kier molecular flexibility index (Phi) is 5.36. The van der Waals surface area contributed by atoms with Crippen molar-refractivity contribution in [1.82, 2.24) is 5.32 Å². The largest absolute Gasteiger partial charge is 0.393 e. The van der Waals surface area contributed by atoms with Crippen molar-refractivity contribution in [3.05, 3.63) is 19.9 Å². The van der Waals surface area contributed by atoms with Gasteiger partial charge in [0.15, 0.2) is 0 Å². The Bertz CT molecular complexity index is 275. The van der Waals surface area contributed by atoms with E-state index >= 15 is 0 Å². The molecule has 1 heterocycles. The van der Waals surface area contributed by atoms with Gasteiger partial charge in [-0.1, -0.05) is 0 Å². The van der Waals surface area contributed by atoms with Gasteiger partial charge in [-0.3, -0.25) is 0 Å². The van der Waals surface area contributed by atoms with Crippen LogP contribution < -0.4 is 5.32 Å². The second-order valence-corrected chi connectivity index (χ2v) is 5.84. The molecule has 2 atom stereocenters. The number of nitrogens with one attached hydrogen (secondary N) is 1. The van der Waals surface area contributed by atoms with Crippen molar-refractivity contribution in [2.24, 2.45) is 0 Å². The van der Waals surface area contributed by atoms with E-state index in [-0.39, 0.29) is 6.10 Å². The topological polar surface area (TPSA) is 32.3 Å².